The zero-order valence-corrected chi connectivity index (χ0v) is 11.8. The molecule has 1 N–H and O–H groups in total. The number of hydrogen-bond donors (Lipinski definition) is 1. The Bertz CT molecular complexity index is 310. The Morgan fingerprint density at radius 1 is 1.53 bits per heavy atom. The predicted molar refractivity (Wildman–Crippen MR) is 75.5 cm³/mol. The van der Waals surface area contributed by atoms with E-state index in [-0.39, 0.29) is 0 Å². The third-order valence-electron chi connectivity index (χ3n) is 3.64. The standard InChI is InChI=1S/C14H24N2S/c1-3-16(11-14-5-4-8-17-14)10-13-9-12(2)6-7-15-13/h4-5,8,12-13,15H,3,6-7,9-11H2,1-2H3. The first-order valence-electron chi connectivity index (χ1n) is 6.76. The number of nitrogens with one attached hydrogen (secondary N) is 1. The minimum Gasteiger partial charge on any atom is -0.313 e. The van der Waals surface area contributed by atoms with Crippen molar-refractivity contribution in [3.8, 4) is 0 Å². The molecule has 1 aromatic rings. The van der Waals surface area contributed by atoms with Gasteiger partial charge < -0.3 is 5.32 Å². The summed E-state index contributed by atoms with van der Waals surface area (Å²) in [5, 5.41) is 5.83. The maximum absolute atomic E-state index is 3.66. The quantitative estimate of drug-likeness (QED) is 0.867. The highest BCUT2D eigenvalue weighted by atomic mass is 32.1. The molecule has 0 bridgehead atoms. The molecular formula is C14H24N2S. The molecule has 1 aliphatic heterocycles. The van der Waals surface area contributed by atoms with Crippen LogP contribution in [0.4, 0.5) is 0 Å². The van der Waals surface area contributed by atoms with Crippen LogP contribution in [0, 0.1) is 5.92 Å². The van der Waals surface area contributed by atoms with Crippen LogP contribution in [0.15, 0.2) is 17.5 Å². The SMILES string of the molecule is CCN(Cc1cccs1)CC1CC(C)CCN1. The van der Waals surface area contributed by atoms with Gasteiger partial charge in [0, 0.05) is 24.0 Å². The monoisotopic (exact) mass is 252 g/mol. The van der Waals surface area contributed by atoms with Crippen molar-refractivity contribution in [2.75, 3.05) is 19.6 Å². The van der Waals surface area contributed by atoms with Crippen molar-refractivity contribution in [3.05, 3.63) is 22.4 Å². The van der Waals surface area contributed by atoms with Crippen molar-refractivity contribution < 1.29 is 0 Å². The second-order valence-electron chi connectivity index (χ2n) is 5.19. The lowest BCUT2D eigenvalue weighted by atomic mass is 9.94. The van der Waals surface area contributed by atoms with Crippen LogP contribution in [-0.4, -0.2) is 30.6 Å². The molecule has 96 valence electrons. The van der Waals surface area contributed by atoms with E-state index in [0.717, 1.165) is 19.0 Å². The van der Waals surface area contributed by atoms with Gasteiger partial charge in [-0.15, -0.1) is 11.3 Å². The normalized spacial score (nSPS) is 25.4. The zero-order chi connectivity index (χ0) is 12.1. The summed E-state index contributed by atoms with van der Waals surface area (Å²) in [4.78, 5) is 4.04. The van der Waals surface area contributed by atoms with E-state index in [4.69, 9.17) is 0 Å². The molecule has 2 atom stereocenters. The molecule has 2 rings (SSSR count). The van der Waals surface area contributed by atoms with E-state index in [9.17, 15) is 0 Å². The fraction of sp³-hybridized carbons (Fsp3) is 0.714. The molecular weight excluding hydrogens is 228 g/mol. The summed E-state index contributed by atoms with van der Waals surface area (Å²) in [7, 11) is 0. The van der Waals surface area contributed by atoms with Gasteiger partial charge in [0.15, 0.2) is 0 Å². The molecule has 0 radical (unpaired) electrons. The largest absolute Gasteiger partial charge is 0.313 e. The predicted octanol–water partition coefficient (Wildman–Crippen LogP) is 2.96. The topological polar surface area (TPSA) is 15.3 Å². The van der Waals surface area contributed by atoms with Crippen LogP contribution in [-0.2, 0) is 6.54 Å². The summed E-state index contributed by atoms with van der Waals surface area (Å²) in [6.45, 7) is 9.29. The van der Waals surface area contributed by atoms with Crippen molar-refractivity contribution in [2.24, 2.45) is 5.92 Å². The molecule has 2 unspecified atom stereocenters. The van der Waals surface area contributed by atoms with Crippen LogP contribution in [0.3, 0.4) is 0 Å². The van der Waals surface area contributed by atoms with Crippen molar-refractivity contribution >= 4 is 11.3 Å². The number of thiophene rings is 1. The number of piperidine rings is 1. The molecule has 2 heterocycles. The van der Waals surface area contributed by atoms with Gasteiger partial charge in [-0.2, -0.15) is 0 Å². The minimum atomic E-state index is 0.693. The fourth-order valence-electron chi connectivity index (χ4n) is 2.60. The Kier molecular flexibility index (Phi) is 5.01. The van der Waals surface area contributed by atoms with Crippen molar-refractivity contribution in [1.82, 2.24) is 10.2 Å². The van der Waals surface area contributed by atoms with Crippen molar-refractivity contribution in [2.45, 2.75) is 39.3 Å². The average Bonchev–Trinajstić information content (AvgIpc) is 2.81. The molecule has 1 aromatic heterocycles. The Hall–Kier alpha value is -0.380. The van der Waals surface area contributed by atoms with Crippen LogP contribution in [0.5, 0.6) is 0 Å². The molecule has 1 fully saturated rings. The van der Waals surface area contributed by atoms with Gasteiger partial charge in [0.1, 0.15) is 0 Å². The van der Waals surface area contributed by atoms with Gasteiger partial charge in [0.25, 0.3) is 0 Å². The molecule has 17 heavy (non-hydrogen) atoms. The van der Waals surface area contributed by atoms with Crippen LogP contribution < -0.4 is 5.32 Å². The third-order valence-corrected chi connectivity index (χ3v) is 4.50. The Morgan fingerprint density at radius 3 is 3.06 bits per heavy atom. The molecule has 0 aromatic carbocycles. The summed E-state index contributed by atoms with van der Waals surface area (Å²) in [5.41, 5.74) is 0. The van der Waals surface area contributed by atoms with Crippen LogP contribution in [0.1, 0.15) is 31.6 Å². The van der Waals surface area contributed by atoms with Gasteiger partial charge in [-0.25, -0.2) is 0 Å². The van der Waals surface area contributed by atoms with Crippen LogP contribution >= 0.6 is 11.3 Å². The van der Waals surface area contributed by atoms with Gasteiger partial charge in [-0.3, -0.25) is 4.90 Å². The summed E-state index contributed by atoms with van der Waals surface area (Å²) in [6.07, 6.45) is 2.68. The molecule has 3 heteroatoms. The highest BCUT2D eigenvalue weighted by Gasteiger charge is 2.20. The molecule has 0 spiro atoms. The Morgan fingerprint density at radius 2 is 2.41 bits per heavy atom. The summed E-state index contributed by atoms with van der Waals surface area (Å²) < 4.78 is 0. The van der Waals surface area contributed by atoms with E-state index in [1.165, 1.54) is 30.8 Å². The highest BCUT2D eigenvalue weighted by molar-refractivity contribution is 7.09. The average molecular weight is 252 g/mol. The number of likely N-dealkylation sites (N-methyl/N-ethyl adjacent to an activating group) is 1. The van der Waals surface area contributed by atoms with E-state index >= 15 is 0 Å². The first kappa shape index (κ1) is 13.1. The van der Waals surface area contributed by atoms with Crippen molar-refractivity contribution in [1.29, 1.82) is 0 Å². The Labute approximate surface area is 109 Å². The second-order valence-corrected chi connectivity index (χ2v) is 6.22. The van der Waals surface area contributed by atoms with Crippen LogP contribution in [0.25, 0.3) is 0 Å². The summed E-state index contributed by atoms with van der Waals surface area (Å²) >= 11 is 1.87. The first-order chi connectivity index (χ1) is 8.28. The number of rotatable bonds is 5. The van der Waals surface area contributed by atoms with Crippen LogP contribution in [0.2, 0.25) is 0 Å². The van der Waals surface area contributed by atoms with E-state index in [1.54, 1.807) is 0 Å². The molecule has 1 saturated heterocycles. The van der Waals surface area contributed by atoms with E-state index in [1.807, 2.05) is 11.3 Å². The summed E-state index contributed by atoms with van der Waals surface area (Å²) in [5.74, 6) is 0.890. The summed E-state index contributed by atoms with van der Waals surface area (Å²) in [6, 6.07) is 5.08. The third kappa shape index (κ3) is 4.09. The molecule has 0 aliphatic carbocycles. The fourth-order valence-corrected chi connectivity index (χ4v) is 3.35. The van der Waals surface area contributed by atoms with E-state index < -0.39 is 0 Å². The lowest BCUT2D eigenvalue weighted by Gasteiger charge is -2.32. The maximum Gasteiger partial charge on any atom is 0.0328 e. The minimum absolute atomic E-state index is 0.693. The van der Waals surface area contributed by atoms with Gasteiger partial charge >= 0.3 is 0 Å². The maximum atomic E-state index is 3.66. The van der Waals surface area contributed by atoms with Crippen molar-refractivity contribution in [3.63, 3.8) is 0 Å². The smallest absolute Gasteiger partial charge is 0.0328 e. The van der Waals surface area contributed by atoms with E-state index in [0.29, 0.717) is 6.04 Å². The Balaban J connectivity index is 1.82. The number of nitrogens with zero attached hydrogens (tertiary/aromatic N) is 1. The lowest BCUT2D eigenvalue weighted by molar-refractivity contribution is 0.208. The first-order valence-corrected chi connectivity index (χ1v) is 7.64. The molecule has 1 aliphatic rings. The van der Waals surface area contributed by atoms with Gasteiger partial charge in [-0.05, 0) is 43.3 Å². The molecule has 0 amide bonds. The second kappa shape index (κ2) is 6.53. The van der Waals surface area contributed by atoms with Gasteiger partial charge in [-0.1, -0.05) is 19.9 Å². The van der Waals surface area contributed by atoms with Gasteiger partial charge in [0.2, 0.25) is 0 Å². The number of hydrogen-bond acceptors (Lipinski definition) is 3. The van der Waals surface area contributed by atoms with Gasteiger partial charge in [0.05, 0.1) is 0 Å². The lowest BCUT2D eigenvalue weighted by Crippen LogP contribution is -2.45. The zero-order valence-electron chi connectivity index (χ0n) is 11.0. The molecule has 0 saturated carbocycles. The molecule has 2 nitrogen and oxygen atoms in total. The van der Waals surface area contributed by atoms with E-state index in [2.05, 4.69) is 41.6 Å². The highest BCUT2D eigenvalue weighted by Crippen LogP contribution is 2.17.